The van der Waals surface area contributed by atoms with Crippen molar-refractivity contribution in [2.45, 2.75) is 0 Å². The standard InChI is InChI=1S/C11H6ClFO2S/c12-8-5-6(1-2-9(8)13)7-3-4-16-10(7)11(14)15/h1-5H,(H,14,15). The minimum absolute atomic E-state index is 0.0139. The highest BCUT2D eigenvalue weighted by Gasteiger charge is 2.14. The van der Waals surface area contributed by atoms with Gasteiger partial charge in [0.1, 0.15) is 10.7 Å². The molecule has 0 amide bonds. The van der Waals surface area contributed by atoms with Gasteiger partial charge in [-0.25, -0.2) is 9.18 Å². The lowest BCUT2D eigenvalue weighted by Crippen LogP contribution is -1.94. The molecule has 0 fully saturated rings. The monoisotopic (exact) mass is 256 g/mol. The third-order valence-corrected chi connectivity index (χ3v) is 3.28. The van der Waals surface area contributed by atoms with Gasteiger partial charge < -0.3 is 5.11 Å². The Morgan fingerprint density at radius 2 is 2.12 bits per heavy atom. The van der Waals surface area contributed by atoms with E-state index in [1.807, 2.05) is 0 Å². The molecule has 1 heterocycles. The molecule has 0 atom stereocenters. The lowest BCUT2D eigenvalue weighted by Gasteiger charge is -2.02. The van der Waals surface area contributed by atoms with Crippen LogP contribution in [0.1, 0.15) is 9.67 Å². The summed E-state index contributed by atoms with van der Waals surface area (Å²) >= 11 is 6.77. The van der Waals surface area contributed by atoms with E-state index in [1.54, 1.807) is 11.4 Å². The molecule has 0 aliphatic carbocycles. The summed E-state index contributed by atoms with van der Waals surface area (Å²) in [5, 5.41) is 10.6. The first-order chi connectivity index (χ1) is 7.59. The molecule has 0 aliphatic rings. The molecule has 0 saturated carbocycles. The number of hydrogen-bond donors (Lipinski definition) is 1. The molecule has 1 N–H and O–H groups in total. The summed E-state index contributed by atoms with van der Waals surface area (Å²) in [6.07, 6.45) is 0. The first-order valence-corrected chi connectivity index (χ1v) is 5.61. The molecule has 82 valence electrons. The number of carbonyl (C=O) groups is 1. The van der Waals surface area contributed by atoms with Crippen LogP contribution in [0.5, 0.6) is 0 Å². The molecule has 2 nitrogen and oxygen atoms in total. The van der Waals surface area contributed by atoms with Gasteiger partial charge in [0.2, 0.25) is 0 Å². The summed E-state index contributed by atoms with van der Waals surface area (Å²) < 4.78 is 13.0. The van der Waals surface area contributed by atoms with Crippen molar-refractivity contribution in [1.82, 2.24) is 0 Å². The van der Waals surface area contributed by atoms with E-state index in [2.05, 4.69) is 0 Å². The lowest BCUT2D eigenvalue weighted by atomic mass is 10.1. The van der Waals surface area contributed by atoms with Crippen molar-refractivity contribution in [2.24, 2.45) is 0 Å². The van der Waals surface area contributed by atoms with Crippen LogP contribution in [-0.4, -0.2) is 11.1 Å². The zero-order chi connectivity index (χ0) is 11.7. The SMILES string of the molecule is O=C(O)c1sccc1-c1ccc(F)c(Cl)c1. The Hall–Kier alpha value is -1.39. The van der Waals surface area contributed by atoms with Crippen molar-refractivity contribution >= 4 is 28.9 Å². The van der Waals surface area contributed by atoms with Crippen molar-refractivity contribution in [3.63, 3.8) is 0 Å². The molecule has 0 saturated heterocycles. The van der Waals surface area contributed by atoms with Crippen LogP contribution >= 0.6 is 22.9 Å². The van der Waals surface area contributed by atoms with Crippen LogP contribution < -0.4 is 0 Å². The number of thiophene rings is 1. The van der Waals surface area contributed by atoms with E-state index in [1.165, 1.54) is 18.2 Å². The third-order valence-electron chi connectivity index (χ3n) is 2.09. The highest BCUT2D eigenvalue weighted by Crippen LogP contribution is 2.30. The molecule has 2 rings (SSSR count). The Morgan fingerprint density at radius 1 is 1.38 bits per heavy atom. The van der Waals surface area contributed by atoms with E-state index in [-0.39, 0.29) is 9.90 Å². The highest BCUT2D eigenvalue weighted by atomic mass is 35.5. The van der Waals surface area contributed by atoms with Crippen LogP contribution in [0.3, 0.4) is 0 Å². The van der Waals surface area contributed by atoms with E-state index in [9.17, 15) is 9.18 Å². The minimum atomic E-state index is -0.995. The fourth-order valence-corrected chi connectivity index (χ4v) is 2.30. The topological polar surface area (TPSA) is 37.3 Å². The Bertz CT molecular complexity index is 551. The Balaban J connectivity index is 2.54. The number of halogens is 2. The zero-order valence-electron chi connectivity index (χ0n) is 7.91. The maximum absolute atomic E-state index is 13.0. The first kappa shape index (κ1) is 11.1. The van der Waals surface area contributed by atoms with E-state index >= 15 is 0 Å². The van der Waals surface area contributed by atoms with Gasteiger partial charge in [0, 0.05) is 5.56 Å². The van der Waals surface area contributed by atoms with Crippen LogP contribution in [0.25, 0.3) is 11.1 Å². The van der Waals surface area contributed by atoms with Gasteiger partial charge in [-0.05, 0) is 29.1 Å². The fraction of sp³-hybridized carbons (Fsp3) is 0. The number of carboxylic acid groups (broad SMARTS) is 1. The zero-order valence-corrected chi connectivity index (χ0v) is 9.48. The predicted octanol–water partition coefficient (Wildman–Crippen LogP) is 3.91. The van der Waals surface area contributed by atoms with Gasteiger partial charge in [-0.1, -0.05) is 17.7 Å². The Kier molecular flexibility index (Phi) is 2.94. The number of benzene rings is 1. The van der Waals surface area contributed by atoms with E-state index < -0.39 is 11.8 Å². The molecular formula is C11H6ClFO2S. The molecule has 0 spiro atoms. The normalized spacial score (nSPS) is 10.4. The average Bonchev–Trinajstić information content (AvgIpc) is 2.71. The molecule has 16 heavy (non-hydrogen) atoms. The van der Waals surface area contributed by atoms with E-state index in [0.29, 0.717) is 11.1 Å². The van der Waals surface area contributed by atoms with Crippen LogP contribution in [0.2, 0.25) is 5.02 Å². The van der Waals surface area contributed by atoms with Crippen LogP contribution in [0.15, 0.2) is 29.6 Å². The Labute approximate surface area is 99.9 Å². The highest BCUT2D eigenvalue weighted by molar-refractivity contribution is 7.12. The summed E-state index contributed by atoms with van der Waals surface area (Å²) in [4.78, 5) is 11.1. The molecular weight excluding hydrogens is 251 g/mol. The van der Waals surface area contributed by atoms with Crippen molar-refractivity contribution in [2.75, 3.05) is 0 Å². The summed E-state index contributed by atoms with van der Waals surface area (Å²) in [6.45, 7) is 0. The molecule has 2 aromatic rings. The third kappa shape index (κ3) is 1.94. The summed E-state index contributed by atoms with van der Waals surface area (Å²) in [5.74, 6) is -1.51. The average molecular weight is 257 g/mol. The van der Waals surface area contributed by atoms with Gasteiger partial charge in [0.25, 0.3) is 0 Å². The minimum Gasteiger partial charge on any atom is -0.477 e. The van der Waals surface area contributed by atoms with Gasteiger partial charge in [0.15, 0.2) is 0 Å². The van der Waals surface area contributed by atoms with Crippen LogP contribution in [0.4, 0.5) is 4.39 Å². The molecule has 0 aliphatic heterocycles. The second-order valence-electron chi connectivity index (χ2n) is 3.10. The summed E-state index contributed by atoms with van der Waals surface area (Å²) in [7, 11) is 0. The molecule has 0 bridgehead atoms. The first-order valence-electron chi connectivity index (χ1n) is 4.36. The largest absolute Gasteiger partial charge is 0.477 e. The van der Waals surface area contributed by atoms with E-state index in [4.69, 9.17) is 16.7 Å². The maximum Gasteiger partial charge on any atom is 0.346 e. The van der Waals surface area contributed by atoms with Crippen molar-refractivity contribution < 1.29 is 14.3 Å². The number of carboxylic acids is 1. The molecule has 0 unspecified atom stereocenters. The van der Waals surface area contributed by atoms with Gasteiger partial charge in [-0.15, -0.1) is 11.3 Å². The molecule has 0 radical (unpaired) electrons. The smallest absolute Gasteiger partial charge is 0.346 e. The van der Waals surface area contributed by atoms with Crippen molar-refractivity contribution in [3.05, 3.63) is 45.4 Å². The lowest BCUT2D eigenvalue weighted by molar-refractivity contribution is 0.0703. The predicted molar refractivity (Wildman–Crippen MR) is 61.7 cm³/mol. The van der Waals surface area contributed by atoms with Gasteiger partial charge in [0.05, 0.1) is 5.02 Å². The molecule has 1 aromatic heterocycles. The second-order valence-corrected chi connectivity index (χ2v) is 4.42. The quantitative estimate of drug-likeness (QED) is 0.885. The fourth-order valence-electron chi connectivity index (χ4n) is 1.37. The van der Waals surface area contributed by atoms with Gasteiger partial charge >= 0.3 is 5.97 Å². The van der Waals surface area contributed by atoms with E-state index in [0.717, 1.165) is 11.3 Å². The summed E-state index contributed by atoms with van der Waals surface area (Å²) in [5.41, 5.74) is 1.16. The number of hydrogen-bond acceptors (Lipinski definition) is 2. The van der Waals surface area contributed by atoms with Gasteiger partial charge in [-0.2, -0.15) is 0 Å². The van der Waals surface area contributed by atoms with Crippen LogP contribution in [-0.2, 0) is 0 Å². The molecule has 1 aromatic carbocycles. The second kappa shape index (κ2) is 4.23. The van der Waals surface area contributed by atoms with Crippen molar-refractivity contribution in [1.29, 1.82) is 0 Å². The maximum atomic E-state index is 13.0. The van der Waals surface area contributed by atoms with Crippen LogP contribution in [0, 0.1) is 5.82 Å². The Morgan fingerprint density at radius 3 is 2.75 bits per heavy atom. The van der Waals surface area contributed by atoms with Crippen molar-refractivity contribution in [3.8, 4) is 11.1 Å². The number of rotatable bonds is 2. The molecule has 5 heteroatoms. The van der Waals surface area contributed by atoms with Gasteiger partial charge in [-0.3, -0.25) is 0 Å². The number of aromatic carboxylic acids is 1. The summed E-state index contributed by atoms with van der Waals surface area (Å²) in [6, 6.07) is 5.83.